The number of alkyl halides is 3. The van der Waals surface area contributed by atoms with E-state index >= 15 is 0 Å². The molecule has 0 bridgehead atoms. The summed E-state index contributed by atoms with van der Waals surface area (Å²) in [7, 11) is 0. The molecule has 0 spiro atoms. The first-order valence-corrected chi connectivity index (χ1v) is 8.37. The van der Waals surface area contributed by atoms with Crippen molar-refractivity contribution in [3.63, 3.8) is 0 Å². The highest BCUT2D eigenvalue weighted by Crippen LogP contribution is 2.37. The lowest BCUT2D eigenvalue weighted by Gasteiger charge is -2.15. The molecular formula is C17H13BrF3N3O2. The van der Waals surface area contributed by atoms with Crippen LogP contribution in [0, 0.1) is 0 Å². The zero-order chi connectivity index (χ0) is 18.9. The lowest BCUT2D eigenvalue weighted by Crippen LogP contribution is -2.17. The molecule has 3 aromatic rings. The normalized spacial score (nSPS) is 11.6. The number of nitrogens with zero attached hydrogens (tertiary/aromatic N) is 2. The second-order valence-corrected chi connectivity index (χ2v) is 6.19. The largest absolute Gasteiger partial charge is 0.494 e. The van der Waals surface area contributed by atoms with Crippen molar-refractivity contribution < 1.29 is 22.7 Å². The van der Waals surface area contributed by atoms with E-state index in [2.05, 4.69) is 26.3 Å². The molecule has 26 heavy (non-hydrogen) atoms. The van der Waals surface area contributed by atoms with E-state index in [4.69, 9.17) is 4.74 Å². The van der Waals surface area contributed by atoms with Gasteiger partial charge in [-0.2, -0.15) is 18.3 Å². The number of anilines is 1. The maximum absolute atomic E-state index is 13.3. The molecule has 0 fully saturated rings. The van der Waals surface area contributed by atoms with Crippen LogP contribution in [0.5, 0.6) is 5.75 Å². The highest BCUT2D eigenvalue weighted by molar-refractivity contribution is 9.10. The molecule has 5 nitrogen and oxygen atoms in total. The molecule has 9 heteroatoms. The van der Waals surface area contributed by atoms with Crippen LogP contribution in [-0.2, 0) is 6.18 Å². The van der Waals surface area contributed by atoms with Crippen LogP contribution in [0.3, 0.4) is 0 Å². The van der Waals surface area contributed by atoms with Gasteiger partial charge in [-0.25, -0.2) is 4.52 Å². The number of hydrogen-bond donors (Lipinski definition) is 1. The summed E-state index contributed by atoms with van der Waals surface area (Å²) in [5.41, 5.74) is -0.402. The summed E-state index contributed by atoms with van der Waals surface area (Å²) in [6.07, 6.45) is -1.63. The van der Waals surface area contributed by atoms with Crippen molar-refractivity contribution in [2.24, 2.45) is 0 Å². The van der Waals surface area contributed by atoms with Gasteiger partial charge in [0, 0.05) is 6.20 Å². The number of rotatable bonds is 4. The lowest BCUT2D eigenvalue weighted by atomic mass is 10.1. The van der Waals surface area contributed by atoms with Crippen molar-refractivity contribution in [3.05, 3.63) is 58.3 Å². The number of ether oxygens (including phenoxy) is 1. The molecule has 0 aliphatic heterocycles. The fourth-order valence-corrected chi connectivity index (χ4v) is 2.81. The average Bonchev–Trinajstić information content (AvgIpc) is 2.96. The lowest BCUT2D eigenvalue weighted by molar-refractivity contribution is -0.137. The molecule has 2 aromatic heterocycles. The number of amides is 1. The zero-order valence-electron chi connectivity index (χ0n) is 13.5. The summed E-state index contributed by atoms with van der Waals surface area (Å²) in [6.45, 7) is 1.91. The van der Waals surface area contributed by atoms with Crippen LogP contribution in [0.4, 0.5) is 18.9 Å². The van der Waals surface area contributed by atoms with Crippen LogP contribution in [-0.4, -0.2) is 22.1 Å². The molecule has 0 saturated heterocycles. The molecule has 1 N–H and O–H groups in total. The number of benzene rings is 1. The van der Waals surface area contributed by atoms with Gasteiger partial charge >= 0.3 is 6.18 Å². The summed E-state index contributed by atoms with van der Waals surface area (Å²) in [6, 6.07) is 6.58. The molecule has 0 atom stereocenters. The highest BCUT2D eigenvalue weighted by atomic mass is 79.9. The predicted octanol–water partition coefficient (Wildman–Crippen LogP) is 4.77. The molecule has 2 heterocycles. The van der Waals surface area contributed by atoms with Gasteiger partial charge in [-0.3, -0.25) is 4.79 Å². The molecule has 0 radical (unpaired) electrons. The van der Waals surface area contributed by atoms with Crippen molar-refractivity contribution in [1.82, 2.24) is 9.61 Å². The van der Waals surface area contributed by atoms with Gasteiger partial charge in [0.25, 0.3) is 5.91 Å². The number of hydrogen-bond acceptors (Lipinski definition) is 3. The van der Waals surface area contributed by atoms with Crippen molar-refractivity contribution >= 4 is 33.0 Å². The molecule has 0 aliphatic carbocycles. The number of carbonyl (C=O) groups is 1. The van der Waals surface area contributed by atoms with E-state index in [1.165, 1.54) is 28.9 Å². The first kappa shape index (κ1) is 18.2. The number of pyridine rings is 1. The smallest absolute Gasteiger partial charge is 0.418 e. The van der Waals surface area contributed by atoms with Crippen molar-refractivity contribution in [3.8, 4) is 5.75 Å². The first-order chi connectivity index (χ1) is 12.3. The number of halogens is 4. The average molecular weight is 428 g/mol. The minimum atomic E-state index is -4.63. The SMILES string of the molecule is CCOc1ccc(NC(=O)c2ccc3c(Br)cnn3c2)c(C(F)(F)F)c1. The fourth-order valence-electron chi connectivity index (χ4n) is 2.41. The number of carbonyl (C=O) groups excluding carboxylic acids is 1. The van der Waals surface area contributed by atoms with Crippen LogP contribution in [0.2, 0.25) is 0 Å². The maximum Gasteiger partial charge on any atom is 0.418 e. The number of aromatic nitrogens is 2. The topological polar surface area (TPSA) is 55.6 Å². The van der Waals surface area contributed by atoms with E-state index in [-0.39, 0.29) is 23.6 Å². The van der Waals surface area contributed by atoms with E-state index < -0.39 is 17.6 Å². The van der Waals surface area contributed by atoms with E-state index in [9.17, 15) is 18.0 Å². The Bertz CT molecular complexity index is 970. The van der Waals surface area contributed by atoms with Gasteiger partial charge in [-0.15, -0.1) is 0 Å². The molecule has 3 rings (SSSR count). The standard InChI is InChI=1S/C17H13BrF3N3O2/c1-2-26-11-4-5-14(12(7-11)17(19,20)21)23-16(25)10-3-6-15-13(18)8-22-24(15)9-10/h3-9H,2H2,1H3,(H,23,25). The Morgan fingerprint density at radius 2 is 2.08 bits per heavy atom. The summed E-state index contributed by atoms with van der Waals surface area (Å²) in [4.78, 5) is 12.4. The van der Waals surface area contributed by atoms with E-state index in [0.29, 0.717) is 0 Å². The van der Waals surface area contributed by atoms with Crippen molar-refractivity contribution in [1.29, 1.82) is 0 Å². The monoisotopic (exact) mass is 427 g/mol. The number of nitrogens with one attached hydrogen (secondary N) is 1. The Balaban J connectivity index is 1.92. The Morgan fingerprint density at radius 3 is 2.77 bits per heavy atom. The van der Waals surface area contributed by atoms with E-state index in [1.54, 1.807) is 19.2 Å². The summed E-state index contributed by atoms with van der Waals surface area (Å²) in [5, 5.41) is 6.36. The predicted molar refractivity (Wildman–Crippen MR) is 93.5 cm³/mol. The third-order valence-electron chi connectivity index (χ3n) is 3.59. The summed E-state index contributed by atoms with van der Waals surface area (Å²) >= 11 is 3.31. The van der Waals surface area contributed by atoms with Gasteiger partial charge < -0.3 is 10.1 Å². The Labute approximate surface area is 154 Å². The summed E-state index contributed by atoms with van der Waals surface area (Å²) in [5.74, 6) is -0.589. The molecule has 1 amide bonds. The van der Waals surface area contributed by atoms with Crippen molar-refractivity contribution in [2.75, 3.05) is 11.9 Å². The zero-order valence-corrected chi connectivity index (χ0v) is 15.1. The Hall–Kier alpha value is -2.55. The minimum Gasteiger partial charge on any atom is -0.494 e. The minimum absolute atomic E-state index is 0.0839. The van der Waals surface area contributed by atoms with Gasteiger partial charge in [0.15, 0.2) is 0 Å². The van der Waals surface area contributed by atoms with Crippen LogP contribution >= 0.6 is 15.9 Å². The second kappa shape index (κ2) is 6.99. The molecule has 0 unspecified atom stereocenters. The molecular weight excluding hydrogens is 415 g/mol. The van der Waals surface area contributed by atoms with Crippen LogP contribution in [0.25, 0.3) is 5.52 Å². The van der Waals surface area contributed by atoms with Gasteiger partial charge in [0.1, 0.15) is 5.75 Å². The highest BCUT2D eigenvalue weighted by Gasteiger charge is 2.34. The van der Waals surface area contributed by atoms with Crippen LogP contribution in [0.1, 0.15) is 22.8 Å². The van der Waals surface area contributed by atoms with Gasteiger partial charge in [-0.1, -0.05) is 0 Å². The van der Waals surface area contributed by atoms with Gasteiger partial charge in [0.05, 0.1) is 39.6 Å². The van der Waals surface area contributed by atoms with Gasteiger partial charge in [-0.05, 0) is 53.2 Å². The number of fused-ring (bicyclic) bond motifs is 1. The second-order valence-electron chi connectivity index (χ2n) is 5.33. The quantitative estimate of drug-likeness (QED) is 0.652. The van der Waals surface area contributed by atoms with E-state index in [0.717, 1.165) is 16.1 Å². The summed E-state index contributed by atoms with van der Waals surface area (Å²) < 4.78 is 47.2. The first-order valence-electron chi connectivity index (χ1n) is 7.58. The molecule has 1 aromatic carbocycles. The Kier molecular flexibility index (Phi) is 4.90. The Morgan fingerprint density at radius 1 is 1.31 bits per heavy atom. The van der Waals surface area contributed by atoms with Gasteiger partial charge in [0.2, 0.25) is 0 Å². The van der Waals surface area contributed by atoms with Crippen LogP contribution in [0.15, 0.2) is 47.2 Å². The maximum atomic E-state index is 13.3. The third kappa shape index (κ3) is 3.67. The van der Waals surface area contributed by atoms with Crippen molar-refractivity contribution in [2.45, 2.75) is 13.1 Å². The van der Waals surface area contributed by atoms with Crippen LogP contribution < -0.4 is 10.1 Å². The fraction of sp³-hybridized carbons (Fsp3) is 0.176. The molecule has 136 valence electrons. The molecule has 0 aliphatic rings. The molecule has 0 saturated carbocycles. The third-order valence-corrected chi connectivity index (χ3v) is 4.20. The van der Waals surface area contributed by atoms with E-state index in [1.807, 2.05) is 0 Å².